The molecule has 1 unspecified atom stereocenters. The van der Waals surface area contributed by atoms with Gasteiger partial charge in [-0.2, -0.15) is 5.10 Å². The van der Waals surface area contributed by atoms with E-state index in [2.05, 4.69) is 53.0 Å². The van der Waals surface area contributed by atoms with E-state index in [4.69, 9.17) is 0 Å². The predicted molar refractivity (Wildman–Crippen MR) is 114 cm³/mol. The molecule has 5 nitrogen and oxygen atoms in total. The van der Waals surface area contributed by atoms with Gasteiger partial charge in [0.25, 0.3) is 5.91 Å². The molecule has 146 valence electrons. The number of piperidine rings is 1. The number of likely N-dealkylation sites (tertiary alicyclic amines) is 1. The molecule has 0 aliphatic carbocycles. The third kappa shape index (κ3) is 3.12. The molecular formula is C24H24N4O. The Kier molecular flexibility index (Phi) is 4.43. The molecule has 1 saturated heterocycles. The smallest absolute Gasteiger partial charge is 0.272 e. The van der Waals surface area contributed by atoms with Gasteiger partial charge in [0.15, 0.2) is 0 Å². The highest BCUT2D eigenvalue weighted by Gasteiger charge is 2.27. The van der Waals surface area contributed by atoms with E-state index < -0.39 is 0 Å². The molecule has 1 amide bonds. The SMILES string of the molecule is CC1CCCCN1C(=O)c1ccnn1-c1ccc2ccc(-c3ccccc3)cn12. The van der Waals surface area contributed by atoms with Crippen LogP contribution in [0.5, 0.6) is 0 Å². The maximum absolute atomic E-state index is 13.3. The summed E-state index contributed by atoms with van der Waals surface area (Å²) in [7, 11) is 0. The molecule has 4 aromatic rings. The van der Waals surface area contributed by atoms with E-state index in [9.17, 15) is 4.79 Å². The molecule has 4 heterocycles. The Bertz CT molecular complexity index is 1160. The first-order valence-corrected chi connectivity index (χ1v) is 10.2. The highest BCUT2D eigenvalue weighted by molar-refractivity contribution is 5.93. The van der Waals surface area contributed by atoms with Crippen LogP contribution in [-0.4, -0.2) is 37.6 Å². The molecule has 1 atom stereocenters. The number of aromatic nitrogens is 3. The lowest BCUT2D eigenvalue weighted by Gasteiger charge is -2.33. The quantitative estimate of drug-likeness (QED) is 0.509. The number of pyridine rings is 1. The zero-order chi connectivity index (χ0) is 19.8. The molecule has 1 aromatic carbocycles. The molecule has 1 aliphatic heterocycles. The van der Waals surface area contributed by atoms with Crippen LogP contribution in [0.4, 0.5) is 0 Å². The Hall–Kier alpha value is -3.34. The van der Waals surface area contributed by atoms with Crippen LogP contribution >= 0.6 is 0 Å². The molecule has 0 N–H and O–H groups in total. The molecule has 0 spiro atoms. The number of benzene rings is 1. The minimum atomic E-state index is 0.0591. The van der Waals surface area contributed by atoms with Crippen molar-refractivity contribution < 1.29 is 4.79 Å². The van der Waals surface area contributed by atoms with Gasteiger partial charge >= 0.3 is 0 Å². The van der Waals surface area contributed by atoms with Gasteiger partial charge in [-0.15, -0.1) is 0 Å². The van der Waals surface area contributed by atoms with Gasteiger partial charge in [-0.25, -0.2) is 4.68 Å². The van der Waals surface area contributed by atoms with Gasteiger partial charge in [-0.1, -0.05) is 36.4 Å². The minimum absolute atomic E-state index is 0.0591. The molecule has 29 heavy (non-hydrogen) atoms. The molecule has 5 rings (SSSR count). The number of amides is 1. The topological polar surface area (TPSA) is 42.5 Å². The van der Waals surface area contributed by atoms with Crippen molar-refractivity contribution in [2.75, 3.05) is 6.54 Å². The first kappa shape index (κ1) is 17.7. The Balaban J connectivity index is 1.57. The first-order chi connectivity index (χ1) is 14.2. The summed E-state index contributed by atoms with van der Waals surface area (Å²) in [5, 5.41) is 4.50. The largest absolute Gasteiger partial charge is 0.335 e. The van der Waals surface area contributed by atoms with Crippen LogP contribution in [0.25, 0.3) is 22.5 Å². The van der Waals surface area contributed by atoms with Crippen LogP contribution in [0.3, 0.4) is 0 Å². The fourth-order valence-corrected chi connectivity index (χ4v) is 4.26. The van der Waals surface area contributed by atoms with Crippen molar-refractivity contribution in [2.45, 2.75) is 32.2 Å². The van der Waals surface area contributed by atoms with Gasteiger partial charge in [0.1, 0.15) is 11.5 Å². The zero-order valence-corrected chi connectivity index (χ0v) is 16.5. The fourth-order valence-electron chi connectivity index (χ4n) is 4.26. The van der Waals surface area contributed by atoms with E-state index in [1.54, 1.807) is 10.9 Å². The van der Waals surface area contributed by atoms with Crippen LogP contribution in [-0.2, 0) is 0 Å². The third-order valence-electron chi connectivity index (χ3n) is 5.88. The summed E-state index contributed by atoms with van der Waals surface area (Å²) in [6.07, 6.45) is 7.14. The molecular weight excluding hydrogens is 360 g/mol. The van der Waals surface area contributed by atoms with Gasteiger partial charge in [-0.05, 0) is 61.6 Å². The predicted octanol–water partition coefficient (Wildman–Crippen LogP) is 4.81. The summed E-state index contributed by atoms with van der Waals surface area (Å²) >= 11 is 0. The monoisotopic (exact) mass is 384 g/mol. The molecule has 1 fully saturated rings. The van der Waals surface area contributed by atoms with Gasteiger partial charge < -0.3 is 9.30 Å². The van der Waals surface area contributed by atoms with E-state index in [0.717, 1.165) is 41.8 Å². The second-order valence-corrected chi connectivity index (χ2v) is 7.74. The van der Waals surface area contributed by atoms with Crippen molar-refractivity contribution in [3.8, 4) is 16.9 Å². The molecule has 0 radical (unpaired) electrons. The first-order valence-electron chi connectivity index (χ1n) is 10.2. The number of hydrogen-bond donors (Lipinski definition) is 0. The van der Waals surface area contributed by atoms with Crippen LogP contribution in [0, 0.1) is 0 Å². The van der Waals surface area contributed by atoms with Crippen LogP contribution in [0.1, 0.15) is 36.7 Å². The molecule has 0 saturated carbocycles. The van der Waals surface area contributed by atoms with Crippen molar-refractivity contribution in [3.05, 3.63) is 78.8 Å². The van der Waals surface area contributed by atoms with Crippen molar-refractivity contribution in [1.29, 1.82) is 0 Å². The van der Waals surface area contributed by atoms with E-state index >= 15 is 0 Å². The van der Waals surface area contributed by atoms with Crippen LogP contribution in [0.2, 0.25) is 0 Å². The van der Waals surface area contributed by atoms with Crippen LogP contribution in [0.15, 0.2) is 73.1 Å². The standard InChI is InChI=1S/C24H24N4O/c1-18-7-5-6-16-26(18)24(29)22-14-15-25-28(22)23-13-12-21-11-10-20(17-27(21)23)19-8-3-2-4-9-19/h2-4,8-15,17-18H,5-7,16H2,1H3. The minimum Gasteiger partial charge on any atom is -0.335 e. The Morgan fingerprint density at radius 3 is 2.62 bits per heavy atom. The Morgan fingerprint density at radius 1 is 0.966 bits per heavy atom. The molecule has 5 heteroatoms. The summed E-state index contributed by atoms with van der Waals surface area (Å²) in [5.41, 5.74) is 3.97. The second-order valence-electron chi connectivity index (χ2n) is 7.74. The molecule has 3 aromatic heterocycles. The molecule has 1 aliphatic rings. The van der Waals surface area contributed by atoms with Crippen LogP contribution < -0.4 is 0 Å². The van der Waals surface area contributed by atoms with Crippen molar-refractivity contribution >= 4 is 11.4 Å². The Morgan fingerprint density at radius 2 is 1.79 bits per heavy atom. The van der Waals surface area contributed by atoms with Crippen molar-refractivity contribution in [2.24, 2.45) is 0 Å². The van der Waals surface area contributed by atoms with Crippen molar-refractivity contribution in [1.82, 2.24) is 19.1 Å². The number of fused-ring (bicyclic) bond motifs is 1. The van der Waals surface area contributed by atoms with Crippen molar-refractivity contribution in [3.63, 3.8) is 0 Å². The summed E-state index contributed by atoms with van der Waals surface area (Å²) in [6.45, 7) is 2.95. The van der Waals surface area contributed by atoms with Gasteiger partial charge in [0, 0.05) is 24.3 Å². The number of rotatable bonds is 3. The normalized spacial score (nSPS) is 17.0. The maximum atomic E-state index is 13.3. The zero-order valence-electron chi connectivity index (χ0n) is 16.5. The second kappa shape index (κ2) is 7.24. The lowest BCUT2D eigenvalue weighted by Crippen LogP contribution is -2.42. The van der Waals surface area contributed by atoms with Gasteiger partial charge in [0.2, 0.25) is 0 Å². The summed E-state index contributed by atoms with van der Waals surface area (Å²) < 4.78 is 3.87. The van der Waals surface area contributed by atoms with Gasteiger partial charge in [-0.3, -0.25) is 4.79 Å². The average Bonchev–Trinajstić information content (AvgIpc) is 3.40. The highest BCUT2D eigenvalue weighted by atomic mass is 16.2. The Labute approximate surface area is 170 Å². The van der Waals surface area contributed by atoms with E-state index in [0.29, 0.717) is 5.69 Å². The summed E-state index contributed by atoms with van der Waals surface area (Å²) in [6, 6.07) is 20.7. The number of nitrogens with zero attached hydrogens (tertiary/aromatic N) is 4. The number of carbonyl (C=O) groups is 1. The lowest BCUT2D eigenvalue weighted by atomic mass is 10.0. The number of hydrogen-bond acceptors (Lipinski definition) is 2. The summed E-state index contributed by atoms with van der Waals surface area (Å²) in [4.78, 5) is 15.3. The lowest BCUT2D eigenvalue weighted by molar-refractivity contribution is 0.0626. The fraction of sp³-hybridized carbons (Fsp3) is 0.250. The number of carbonyl (C=O) groups excluding carboxylic acids is 1. The summed E-state index contributed by atoms with van der Waals surface area (Å²) in [5.74, 6) is 0.930. The maximum Gasteiger partial charge on any atom is 0.272 e. The molecule has 0 bridgehead atoms. The highest BCUT2D eigenvalue weighted by Crippen LogP contribution is 2.25. The average molecular weight is 384 g/mol. The van der Waals surface area contributed by atoms with E-state index in [1.165, 1.54) is 6.42 Å². The van der Waals surface area contributed by atoms with Gasteiger partial charge in [0.05, 0.1) is 6.20 Å². The third-order valence-corrected chi connectivity index (χ3v) is 5.88. The van der Waals surface area contributed by atoms with E-state index in [-0.39, 0.29) is 11.9 Å². The van der Waals surface area contributed by atoms with E-state index in [1.807, 2.05) is 35.2 Å².